The van der Waals surface area contributed by atoms with Crippen LogP contribution >= 0.6 is 0 Å². The first-order chi connectivity index (χ1) is 11.1. The molecule has 2 aliphatic rings. The molecule has 8 nitrogen and oxygen atoms in total. The lowest BCUT2D eigenvalue weighted by atomic mass is 10.1. The molecule has 3 rings (SSSR count). The van der Waals surface area contributed by atoms with Gasteiger partial charge in [0.2, 0.25) is 11.8 Å². The van der Waals surface area contributed by atoms with Crippen molar-refractivity contribution in [1.82, 2.24) is 15.5 Å². The van der Waals surface area contributed by atoms with Gasteiger partial charge in [0.15, 0.2) is 0 Å². The van der Waals surface area contributed by atoms with Crippen molar-refractivity contribution in [3.8, 4) is 0 Å². The summed E-state index contributed by atoms with van der Waals surface area (Å²) in [5.74, 6) is -0.610. The number of benzene rings is 1. The average molecular weight is 318 g/mol. The summed E-state index contributed by atoms with van der Waals surface area (Å²) in [5.41, 5.74) is 0.662. The van der Waals surface area contributed by atoms with Gasteiger partial charge >= 0.3 is 6.03 Å². The Balaban J connectivity index is 1.60. The minimum absolute atomic E-state index is 0.260. The number of rotatable bonds is 3. The van der Waals surface area contributed by atoms with Gasteiger partial charge in [-0.1, -0.05) is 18.2 Å². The molecular formula is C15H18N4O4. The Bertz CT molecular complexity index is 621. The number of anilines is 1. The first kappa shape index (κ1) is 15.3. The van der Waals surface area contributed by atoms with Crippen LogP contribution in [0.3, 0.4) is 0 Å². The predicted octanol–water partition coefficient (Wildman–Crippen LogP) is -0.732. The molecule has 2 aliphatic heterocycles. The first-order valence-corrected chi connectivity index (χ1v) is 7.43. The predicted molar refractivity (Wildman–Crippen MR) is 81.5 cm³/mol. The fourth-order valence-electron chi connectivity index (χ4n) is 2.96. The molecule has 4 amide bonds. The molecule has 0 spiro atoms. The third-order valence-corrected chi connectivity index (χ3v) is 4.05. The fraction of sp³-hybridized carbons (Fsp3) is 0.400. The summed E-state index contributed by atoms with van der Waals surface area (Å²) in [4.78, 5) is 37.5. The van der Waals surface area contributed by atoms with E-state index in [0.29, 0.717) is 12.1 Å². The molecule has 2 fully saturated rings. The van der Waals surface area contributed by atoms with Gasteiger partial charge in [0, 0.05) is 12.2 Å². The van der Waals surface area contributed by atoms with Crippen LogP contribution in [-0.2, 0) is 9.59 Å². The van der Waals surface area contributed by atoms with Crippen molar-refractivity contribution in [1.29, 1.82) is 0 Å². The number of hydrogen-bond donors (Lipinski definition) is 4. The van der Waals surface area contributed by atoms with Gasteiger partial charge in [-0.2, -0.15) is 0 Å². The van der Waals surface area contributed by atoms with Crippen LogP contribution in [0.1, 0.15) is 6.42 Å². The Hall–Kier alpha value is -2.61. The Kier molecular flexibility index (Phi) is 4.16. The maximum Gasteiger partial charge on any atom is 0.319 e. The third kappa shape index (κ3) is 3.11. The second-order valence-electron chi connectivity index (χ2n) is 5.65. The van der Waals surface area contributed by atoms with Crippen LogP contribution in [0, 0.1) is 0 Å². The molecule has 0 radical (unpaired) electrons. The van der Waals surface area contributed by atoms with Gasteiger partial charge in [0.05, 0.1) is 12.6 Å². The van der Waals surface area contributed by atoms with Crippen molar-refractivity contribution in [3.63, 3.8) is 0 Å². The first-order valence-electron chi connectivity index (χ1n) is 7.43. The number of fused-ring (bicyclic) bond motifs is 1. The highest BCUT2D eigenvalue weighted by Crippen LogP contribution is 2.22. The largest absolute Gasteiger partial charge is 0.394 e. The van der Waals surface area contributed by atoms with Crippen molar-refractivity contribution in [2.75, 3.05) is 18.5 Å². The topological polar surface area (TPSA) is 111 Å². The maximum absolute atomic E-state index is 12.1. The number of hydrogen-bond acceptors (Lipinski definition) is 4. The third-order valence-electron chi connectivity index (χ3n) is 4.05. The van der Waals surface area contributed by atoms with E-state index in [-0.39, 0.29) is 30.4 Å². The molecule has 0 aromatic heterocycles. The lowest BCUT2D eigenvalue weighted by Gasteiger charge is -2.33. The number of amides is 4. The van der Waals surface area contributed by atoms with E-state index in [0.717, 1.165) is 0 Å². The summed E-state index contributed by atoms with van der Waals surface area (Å²) >= 11 is 0. The normalized spacial score (nSPS) is 26.5. The molecule has 0 bridgehead atoms. The summed E-state index contributed by atoms with van der Waals surface area (Å²) in [6, 6.07) is 6.82. The van der Waals surface area contributed by atoms with Crippen LogP contribution in [0.25, 0.3) is 0 Å². The Morgan fingerprint density at radius 3 is 2.74 bits per heavy atom. The summed E-state index contributed by atoms with van der Waals surface area (Å²) in [6.07, 6.45) is 0.359. The Morgan fingerprint density at radius 2 is 2.04 bits per heavy atom. The van der Waals surface area contributed by atoms with Crippen LogP contribution in [0.2, 0.25) is 0 Å². The smallest absolute Gasteiger partial charge is 0.319 e. The molecular weight excluding hydrogens is 300 g/mol. The molecule has 1 aromatic rings. The standard InChI is InChI=1S/C15H18N4O4/c20-8-11-14(22)19-7-10(6-12(19)13(21)18-11)17-15(23)16-9-4-2-1-3-5-9/h1-5,10-12,20H,6-8H2,(H,18,21)(H2,16,17,23)/t10-,11-,12-/m0/s1. The molecule has 0 aliphatic carbocycles. The second-order valence-corrected chi connectivity index (χ2v) is 5.65. The Labute approximate surface area is 132 Å². The quantitative estimate of drug-likeness (QED) is 0.589. The maximum atomic E-state index is 12.1. The highest BCUT2D eigenvalue weighted by atomic mass is 16.3. The van der Waals surface area contributed by atoms with E-state index in [1.807, 2.05) is 18.2 Å². The summed E-state index contributed by atoms with van der Waals surface area (Å²) in [6.45, 7) is -0.171. The van der Waals surface area contributed by atoms with Crippen molar-refractivity contribution in [2.45, 2.75) is 24.5 Å². The monoisotopic (exact) mass is 318 g/mol. The van der Waals surface area contributed by atoms with E-state index in [1.54, 1.807) is 12.1 Å². The molecule has 8 heteroatoms. The highest BCUT2D eigenvalue weighted by Gasteiger charge is 2.46. The zero-order valence-corrected chi connectivity index (χ0v) is 12.4. The second kappa shape index (κ2) is 6.25. The molecule has 23 heavy (non-hydrogen) atoms. The number of aliphatic hydroxyl groups is 1. The molecule has 1 aromatic carbocycles. The van der Waals surface area contributed by atoms with Crippen LogP contribution in [0.4, 0.5) is 10.5 Å². The highest BCUT2D eigenvalue weighted by molar-refractivity contribution is 5.98. The van der Waals surface area contributed by atoms with Crippen LogP contribution < -0.4 is 16.0 Å². The van der Waals surface area contributed by atoms with Gasteiger partial charge in [-0.15, -0.1) is 0 Å². The van der Waals surface area contributed by atoms with Crippen molar-refractivity contribution >= 4 is 23.5 Å². The molecule has 2 saturated heterocycles. The number of carbonyl (C=O) groups is 3. The number of piperazine rings is 1. The Morgan fingerprint density at radius 1 is 1.30 bits per heavy atom. The number of aliphatic hydroxyl groups excluding tert-OH is 1. The molecule has 0 saturated carbocycles. The molecule has 4 N–H and O–H groups in total. The van der Waals surface area contributed by atoms with Crippen LogP contribution in [0.5, 0.6) is 0 Å². The van der Waals surface area contributed by atoms with Crippen molar-refractivity contribution in [3.05, 3.63) is 30.3 Å². The number of carbonyl (C=O) groups excluding carboxylic acids is 3. The van der Waals surface area contributed by atoms with E-state index in [4.69, 9.17) is 5.11 Å². The molecule has 2 heterocycles. The summed E-state index contributed by atoms with van der Waals surface area (Å²) in [5, 5.41) is 17.1. The van der Waals surface area contributed by atoms with Crippen LogP contribution in [-0.4, -0.2) is 59.1 Å². The SMILES string of the molecule is O=C(Nc1ccccc1)N[C@H]1C[C@H]2C(=O)N[C@@H](CO)C(=O)N2C1. The van der Waals surface area contributed by atoms with Gasteiger partial charge in [0.1, 0.15) is 12.1 Å². The number of para-hydroxylation sites is 1. The lowest BCUT2D eigenvalue weighted by Crippen LogP contribution is -2.62. The van der Waals surface area contributed by atoms with E-state index >= 15 is 0 Å². The van der Waals surface area contributed by atoms with Gasteiger partial charge in [-0.25, -0.2) is 4.79 Å². The zero-order chi connectivity index (χ0) is 16.4. The zero-order valence-electron chi connectivity index (χ0n) is 12.4. The number of nitrogens with one attached hydrogen (secondary N) is 3. The van der Waals surface area contributed by atoms with Gasteiger partial charge in [0.25, 0.3) is 0 Å². The molecule has 3 atom stereocenters. The van der Waals surface area contributed by atoms with Crippen LogP contribution in [0.15, 0.2) is 30.3 Å². The van der Waals surface area contributed by atoms with Crippen molar-refractivity contribution in [2.24, 2.45) is 0 Å². The molecule has 122 valence electrons. The van der Waals surface area contributed by atoms with Crippen molar-refractivity contribution < 1.29 is 19.5 Å². The average Bonchev–Trinajstić information content (AvgIpc) is 2.96. The lowest BCUT2D eigenvalue weighted by molar-refractivity contribution is -0.148. The van der Waals surface area contributed by atoms with E-state index < -0.39 is 18.7 Å². The minimum Gasteiger partial charge on any atom is -0.394 e. The molecule has 0 unspecified atom stereocenters. The van der Waals surface area contributed by atoms with Gasteiger partial charge in [-0.05, 0) is 18.6 Å². The summed E-state index contributed by atoms with van der Waals surface area (Å²) in [7, 11) is 0. The number of nitrogens with zero attached hydrogens (tertiary/aromatic N) is 1. The van der Waals surface area contributed by atoms with E-state index in [9.17, 15) is 14.4 Å². The number of urea groups is 1. The van der Waals surface area contributed by atoms with E-state index in [1.165, 1.54) is 4.90 Å². The summed E-state index contributed by atoms with van der Waals surface area (Å²) < 4.78 is 0. The van der Waals surface area contributed by atoms with Gasteiger partial charge in [-0.3, -0.25) is 9.59 Å². The minimum atomic E-state index is -0.893. The van der Waals surface area contributed by atoms with Gasteiger partial charge < -0.3 is 26.0 Å². The fourth-order valence-corrected chi connectivity index (χ4v) is 2.96. The van der Waals surface area contributed by atoms with E-state index in [2.05, 4.69) is 16.0 Å².